The summed E-state index contributed by atoms with van der Waals surface area (Å²) in [5.74, 6) is 6.70. The molecule has 0 spiro atoms. The fourth-order valence-electron chi connectivity index (χ4n) is 1.95. The smallest absolute Gasteiger partial charge is 0.129 e. The number of hydrogen-bond donors (Lipinski definition) is 1. The van der Waals surface area contributed by atoms with Crippen LogP contribution in [0.15, 0.2) is 24.3 Å². The Balaban J connectivity index is 1.92. The molecule has 1 N–H and O–H groups in total. The van der Waals surface area contributed by atoms with Crippen molar-refractivity contribution in [2.24, 2.45) is 0 Å². The van der Waals surface area contributed by atoms with Crippen LogP contribution in [0.1, 0.15) is 25.3 Å². The molecule has 1 aliphatic rings. The third kappa shape index (κ3) is 2.37. The predicted octanol–water partition coefficient (Wildman–Crippen LogP) is 2.15. The molecule has 0 amide bonds. The number of fused-ring (bicyclic) bond motifs is 1. The molecule has 84 valence electrons. The molecule has 16 heavy (non-hydrogen) atoms. The molecule has 2 atom stereocenters. The fourth-order valence-corrected chi connectivity index (χ4v) is 1.95. The fraction of sp³-hybridized carbons (Fsp3) is 0.429. The summed E-state index contributed by atoms with van der Waals surface area (Å²) in [5, 5.41) is 9.95. The zero-order valence-corrected chi connectivity index (χ0v) is 9.44. The third-order valence-electron chi connectivity index (χ3n) is 2.84. The topological polar surface area (TPSA) is 29.5 Å². The normalized spacial score (nSPS) is 19.2. The summed E-state index contributed by atoms with van der Waals surface area (Å²) < 4.78 is 5.70. The SMILES string of the molecule is CC#CCCC(O)C1Cc2ccccc2O1. The molecule has 1 aliphatic heterocycles. The van der Waals surface area contributed by atoms with E-state index in [0.29, 0.717) is 6.42 Å². The molecule has 0 saturated carbocycles. The highest BCUT2D eigenvalue weighted by Gasteiger charge is 2.28. The molecule has 0 bridgehead atoms. The van der Waals surface area contributed by atoms with Gasteiger partial charge in [-0.25, -0.2) is 0 Å². The van der Waals surface area contributed by atoms with Crippen molar-refractivity contribution in [1.29, 1.82) is 0 Å². The Morgan fingerprint density at radius 2 is 2.31 bits per heavy atom. The molecule has 0 saturated heterocycles. The Morgan fingerprint density at radius 3 is 3.06 bits per heavy atom. The van der Waals surface area contributed by atoms with Crippen LogP contribution in [0.5, 0.6) is 5.75 Å². The molecule has 2 unspecified atom stereocenters. The molecule has 0 fully saturated rings. The zero-order chi connectivity index (χ0) is 11.4. The molecule has 0 aliphatic carbocycles. The van der Waals surface area contributed by atoms with Crippen molar-refractivity contribution in [1.82, 2.24) is 0 Å². The number of hydrogen-bond acceptors (Lipinski definition) is 2. The zero-order valence-electron chi connectivity index (χ0n) is 9.44. The molecular weight excluding hydrogens is 200 g/mol. The molecule has 2 rings (SSSR count). The Kier molecular flexibility index (Phi) is 3.48. The van der Waals surface area contributed by atoms with Crippen molar-refractivity contribution in [2.75, 3.05) is 0 Å². The van der Waals surface area contributed by atoms with Crippen molar-refractivity contribution in [3.8, 4) is 17.6 Å². The number of rotatable bonds is 3. The first-order valence-corrected chi connectivity index (χ1v) is 5.63. The Hall–Kier alpha value is -1.46. The maximum atomic E-state index is 9.95. The van der Waals surface area contributed by atoms with Crippen LogP contribution in [0.3, 0.4) is 0 Å². The molecule has 1 aromatic rings. The highest BCUT2D eigenvalue weighted by Crippen LogP contribution is 2.30. The van der Waals surface area contributed by atoms with Crippen molar-refractivity contribution >= 4 is 0 Å². The van der Waals surface area contributed by atoms with Crippen molar-refractivity contribution in [3.63, 3.8) is 0 Å². The van der Waals surface area contributed by atoms with Crippen LogP contribution < -0.4 is 4.74 Å². The van der Waals surface area contributed by atoms with E-state index >= 15 is 0 Å². The summed E-state index contributed by atoms with van der Waals surface area (Å²) >= 11 is 0. The monoisotopic (exact) mass is 216 g/mol. The highest BCUT2D eigenvalue weighted by atomic mass is 16.5. The van der Waals surface area contributed by atoms with E-state index in [2.05, 4.69) is 11.8 Å². The summed E-state index contributed by atoms with van der Waals surface area (Å²) in [7, 11) is 0. The third-order valence-corrected chi connectivity index (χ3v) is 2.84. The maximum Gasteiger partial charge on any atom is 0.129 e. The Labute approximate surface area is 96.3 Å². The van der Waals surface area contributed by atoms with Gasteiger partial charge in [-0.15, -0.1) is 11.8 Å². The van der Waals surface area contributed by atoms with Crippen LogP contribution in [0, 0.1) is 11.8 Å². The van der Waals surface area contributed by atoms with E-state index < -0.39 is 6.10 Å². The number of aliphatic hydroxyl groups is 1. The summed E-state index contributed by atoms with van der Waals surface area (Å²) in [4.78, 5) is 0. The van der Waals surface area contributed by atoms with Gasteiger partial charge >= 0.3 is 0 Å². The molecule has 1 heterocycles. The molecule has 1 aromatic carbocycles. The van der Waals surface area contributed by atoms with E-state index in [1.165, 1.54) is 5.56 Å². The van der Waals surface area contributed by atoms with Gasteiger partial charge in [0, 0.05) is 12.8 Å². The van der Waals surface area contributed by atoms with E-state index in [4.69, 9.17) is 4.74 Å². The minimum atomic E-state index is -0.423. The van der Waals surface area contributed by atoms with Crippen LogP contribution in [0.25, 0.3) is 0 Å². The maximum absolute atomic E-state index is 9.95. The predicted molar refractivity (Wildman–Crippen MR) is 63.3 cm³/mol. The summed E-state index contributed by atoms with van der Waals surface area (Å²) in [5.41, 5.74) is 1.19. The van der Waals surface area contributed by atoms with Crippen LogP contribution in [-0.2, 0) is 6.42 Å². The lowest BCUT2D eigenvalue weighted by atomic mass is 10.0. The molecule has 0 radical (unpaired) electrons. The van der Waals surface area contributed by atoms with E-state index in [-0.39, 0.29) is 6.10 Å². The lowest BCUT2D eigenvalue weighted by Crippen LogP contribution is -2.29. The van der Waals surface area contributed by atoms with Gasteiger partial charge in [0.2, 0.25) is 0 Å². The van der Waals surface area contributed by atoms with Gasteiger partial charge in [0.1, 0.15) is 11.9 Å². The van der Waals surface area contributed by atoms with Crippen LogP contribution in [0.2, 0.25) is 0 Å². The average Bonchev–Trinajstić information content (AvgIpc) is 2.73. The van der Waals surface area contributed by atoms with Gasteiger partial charge in [-0.1, -0.05) is 18.2 Å². The van der Waals surface area contributed by atoms with Gasteiger partial charge in [0.15, 0.2) is 0 Å². The van der Waals surface area contributed by atoms with Crippen molar-refractivity contribution in [3.05, 3.63) is 29.8 Å². The van der Waals surface area contributed by atoms with Gasteiger partial charge in [0.05, 0.1) is 6.10 Å². The molecule has 2 nitrogen and oxygen atoms in total. The number of para-hydroxylation sites is 1. The first-order valence-electron chi connectivity index (χ1n) is 5.63. The molecule has 0 aromatic heterocycles. The van der Waals surface area contributed by atoms with Crippen molar-refractivity contribution in [2.45, 2.75) is 38.4 Å². The Morgan fingerprint density at radius 1 is 1.50 bits per heavy atom. The first kappa shape index (κ1) is 11.0. The van der Waals surface area contributed by atoms with E-state index in [1.54, 1.807) is 0 Å². The van der Waals surface area contributed by atoms with Gasteiger partial charge < -0.3 is 9.84 Å². The van der Waals surface area contributed by atoms with Gasteiger partial charge in [-0.05, 0) is 25.0 Å². The number of benzene rings is 1. The Bertz CT molecular complexity index is 389. The molecule has 2 heteroatoms. The number of aliphatic hydroxyl groups excluding tert-OH is 1. The van der Waals surface area contributed by atoms with Gasteiger partial charge in [-0.3, -0.25) is 0 Å². The van der Waals surface area contributed by atoms with Gasteiger partial charge in [0.25, 0.3) is 0 Å². The second-order valence-electron chi connectivity index (χ2n) is 4.00. The minimum Gasteiger partial charge on any atom is -0.487 e. The van der Waals surface area contributed by atoms with Gasteiger partial charge in [-0.2, -0.15) is 0 Å². The average molecular weight is 216 g/mol. The highest BCUT2D eigenvalue weighted by molar-refractivity contribution is 5.37. The quantitative estimate of drug-likeness (QED) is 0.784. The first-order chi connectivity index (χ1) is 7.81. The standard InChI is InChI=1S/C14H16O2/c1-2-3-4-8-12(15)14-10-11-7-5-6-9-13(11)16-14/h5-7,9,12,14-15H,4,8,10H2,1H3. The summed E-state index contributed by atoms with van der Waals surface area (Å²) in [6.45, 7) is 1.81. The minimum absolute atomic E-state index is 0.101. The lowest BCUT2D eigenvalue weighted by Gasteiger charge is -2.16. The second kappa shape index (κ2) is 5.05. The van der Waals surface area contributed by atoms with Crippen LogP contribution in [-0.4, -0.2) is 17.3 Å². The van der Waals surface area contributed by atoms with E-state index in [9.17, 15) is 5.11 Å². The van der Waals surface area contributed by atoms with E-state index in [0.717, 1.165) is 18.6 Å². The number of ether oxygens (including phenoxy) is 1. The second-order valence-corrected chi connectivity index (χ2v) is 4.00. The lowest BCUT2D eigenvalue weighted by molar-refractivity contribution is 0.0451. The summed E-state index contributed by atoms with van der Waals surface area (Å²) in [6, 6.07) is 7.96. The van der Waals surface area contributed by atoms with E-state index in [1.807, 2.05) is 31.2 Å². The van der Waals surface area contributed by atoms with Crippen molar-refractivity contribution < 1.29 is 9.84 Å². The van der Waals surface area contributed by atoms with Crippen LogP contribution in [0.4, 0.5) is 0 Å². The van der Waals surface area contributed by atoms with Crippen LogP contribution >= 0.6 is 0 Å². The summed E-state index contributed by atoms with van der Waals surface area (Å²) in [6.07, 6.45) is 1.69. The molecular formula is C14H16O2. The largest absolute Gasteiger partial charge is 0.487 e.